The molecule has 0 spiro atoms. The zero-order valence-electron chi connectivity index (χ0n) is 14.4. The van der Waals surface area contributed by atoms with Gasteiger partial charge in [-0.15, -0.1) is 0 Å². The zero-order valence-corrected chi connectivity index (χ0v) is 15.2. The molecule has 24 heavy (non-hydrogen) atoms. The van der Waals surface area contributed by atoms with Crippen molar-refractivity contribution in [2.45, 2.75) is 20.3 Å². The summed E-state index contributed by atoms with van der Waals surface area (Å²) in [6.07, 6.45) is 2.84. The third-order valence-corrected chi connectivity index (χ3v) is 5.07. The van der Waals surface area contributed by atoms with E-state index in [1.807, 2.05) is 23.6 Å². The topological polar surface area (TPSA) is 45.2 Å². The van der Waals surface area contributed by atoms with Gasteiger partial charge in [0.05, 0.1) is 11.3 Å². The molecule has 1 fully saturated rings. The minimum Gasteiger partial charge on any atom is -0.352 e. The van der Waals surface area contributed by atoms with Crippen molar-refractivity contribution in [3.8, 4) is 11.3 Å². The van der Waals surface area contributed by atoms with Gasteiger partial charge in [-0.25, -0.2) is 0 Å². The van der Waals surface area contributed by atoms with E-state index in [2.05, 4.69) is 34.4 Å². The largest absolute Gasteiger partial charge is 0.352 e. The van der Waals surface area contributed by atoms with Crippen LogP contribution in [0.25, 0.3) is 11.3 Å². The van der Waals surface area contributed by atoms with Crippen LogP contribution in [0.15, 0.2) is 35.2 Å². The summed E-state index contributed by atoms with van der Waals surface area (Å²) in [5, 5.41) is 7.16. The fraction of sp³-hybridized carbons (Fsp3) is 0.474. The lowest BCUT2D eigenvalue weighted by molar-refractivity contribution is 0.0947. The van der Waals surface area contributed by atoms with Gasteiger partial charge >= 0.3 is 0 Å². The highest BCUT2D eigenvalue weighted by Crippen LogP contribution is 2.20. The molecule has 4 nitrogen and oxygen atoms in total. The maximum Gasteiger partial charge on any atom is 0.252 e. The molecule has 0 aromatic carbocycles. The van der Waals surface area contributed by atoms with Crippen molar-refractivity contribution >= 4 is 17.2 Å². The van der Waals surface area contributed by atoms with Gasteiger partial charge < -0.3 is 10.2 Å². The van der Waals surface area contributed by atoms with Crippen LogP contribution in [0.1, 0.15) is 30.6 Å². The summed E-state index contributed by atoms with van der Waals surface area (Å²) in [6, 6.07) is 5.81. The van der Waals surface area contributed by atoms with Crippen molar-refractivity contribution in [1.82, 2.24) is 15.2 Å². The molecule has 0 aliphatic carbocycles. The van der Waals surface area contributed by atoms with Gasteiger partial charge in [0.2, 0.25) is 0 Å². The molecule has 1 aliphatic rings. The van der Waals surface area contributed by atoms with E-state index in [1.165, 1.54) is 6.42 Å². The second-order valence-electron chi connectivity index (χ2n) is 6.96. The molecule has 2 aromatic heterocycles. The maximum absolute atomic E-state index is 12.3. The molecule has 5 heteroatoms. The van der Waals surface area contributed by atoms with Gasteiger partial charge in [0.25, 0.3) is 5.91 Å². The molecule has 128 valence electrons. The number of nitrogens with one attached hydrogen (secondary N) is 1. The Balaban J connectivity index is 1.49. The Morgan fingerprint density at radius 1 is 1.42 bits per heavy atom. The highest BCUT2D eigenvalue weighted by Gasteiger charge is 2.23. The van der Waals surface area contributed by atoms with Crippen LogP contribution in [0.2, 0.25) is 0 Å². The number of rotatable bonds is 6. The first-order chi connectivity index (χ1) is 11.6. The molecule has 1 aliphatic heterocycles. The van der Waals surface area contributed by atoms with Crippen molar-refractivity contribution in [2.24, 2.45) is 11.8 Å². The van der Waals surface area contributed by atoms with Crippen LogP contribution in [-0.4, -0.2) is 42.0 Å². The molecule has 1 amide bonds. The quantitative estimate of drug-likeness (QED) is 0.873. The number of hydrogen-bond donors (Lipinski definition) is 1. The molecule has 1 saturated heterocycles. The number of amides is 1. The van der Waals surface area contributed by atoms with Gasteiger partial charge in [-0.1, -0.05) is 13.8 Å². The Labute approximate surface area is 147 Å². The first-order valence-electron chi connectivity index (χ1n) is 8.61. The van der Waals surface area contributed by atoms with Gasteiger partial charge in [-0.2, -0.15) is 11.3 Å². The number of likely N-dealkylation sites (tertiary alicyclic amines) is 1. The summed E-state index contributed by atoms with van der Waals surface area (Å²) in [5.74, 6) is 1.23. The molecule has 0 unspecified atom stereocenters. The molecule has 0 bridgehead atoms. The predicted octanol–water partition coefficient (Wildman–Crippen LogP) is 3.52. The predicted molar refractivity (Wildman–Crippen MR) is 99.3 cm³/mol. The smallest absolute Gasteiger partial charge is 0.252 e. The summed E-state index contributed by atoms with van der Waals surface area (Å²) >= 11 is 1.65. The Morgan fingerprint density at radius 2 is 2.29 bits per heavy atom. The molecule has 0 saturated carbocycles. The average molecular weight is 343 g/mol. The van der Waals surface area contributed by atoms with Crippen molar-refractivity contribution in [3.63, 3.8) is 0 Å². The number of aromatic nitrogens is 1. The number of thiophene rings is 1. The van der Waals surface area contributed by atoms with Gasteiger partial charge in [-0.05, 0) is 48.4 Å². The number of carbonyl (C=O) groups is 1. The summed E-state index contributed by atoms with van der Waals surface area (Å²) in [4.78, 5) is 19.2. The van der Waals surface area contributed by atoms with E-state index in [4.69, 9.17) is 0 Å². The average Bonchev–Trinajstić information content (AvgIpc) is 3.24. The third-order valence-electron chi connectivity index (χ3n) is 4.39. The SMILES string of the molecule is CC(C)CN1CC[C@@H](CNC(=O)c2ccc(-c3ccsc3)nc2)C1. The lowest BCUT2D eigenvalue weighted by Crippen LogP contribution is -2.31. The molecule has 1 N–H and O–H groups in total. The minimum atomic E-state index is -0.0262. The molecule has 3 rings (SSSR count). The fourth-order valence-corrected chi connectivity index (χ4v) is 3.86. The number of pyridine rings is 1. The third kappa shape index (κ3) is 4.42. The molecule has 1 atom stereocenters. The van der Waals surface area contributed by atoms with E-state index in [9.17, 15) is 4.79 Å². The molecule has 3 heterocycles. The van der Waals surface area contributed by atoms with Gasteiger partial charge in [-0.3, -0.25) is 9.78 Å². The molecule has 0 radical (unpaired) electrons. The number of carbonyl (C=O) groups excluding carboxylic acids is 1. The van der Waals surface area contributed by atoms with Crippen LogP contribution in [0.4, 0.5) is 0 Å². The van der Waals surface area contributed by atoms with Crippen molar-refractivity contribution in [2.75, 3.05) is 26.2 Å². The van der Waals surface area contributed by atoms with Gasteiger partial charge in [0.15, 0.2) is 0 Å². The Kier molecular flexibility index (Phi) is 5.63. The van der Waals surface area contributed by atoms with Crippen LogP contribution in [0.3, 0.4) is 0 Å². The van der Waals surface area contributed by atoms with Gasteiger partial charge in [0, 0.05) is 36.8 Å². The van der Waals surface area contributed by atoms with Gasteiger partial charge in [0.1, 0.15) is 0 Å². The number of hydrogen-bond acceptors (Lipinski definition) is 4. The van der Waals surface area contributed by atoms with E-state index in [1.54, 1.807) is 17.5 Å². The van der Waals surface area contributed by atoms with Crippen LogP contribution in [0, 0.1) is 11.8 Å². The molecular weight excluding hydrogens is 318 g/mol. The second-order valence-corrected chi connectivity index (χ2v) is 7.74. The fourth-order valence-electron chi connectivity index (χ4n) is 3.21. The van der Waals surface area contributed by atoms with E-state index in [0.717, 1.165) is 37.4 Å². The minimum absolute atomic E-state index is 0.0262. The van der Waals surface area contributed by atoms with E-state index in [0.29, 0.717) is 17.4 Å². The second kappa shape index (κ2) is 7.90. The van der Waals surface area contributed by atoms with Crippen molar-refractivity contribution in [3.05, 3.63) is 40.7 Å². The highest BCUT2D eigenvalue weighted by molar-refractivity contribution is 7.08. The molecular formula is C19H25N3OS. The van der Waals surface area contributed by atoms with Crippen LogP contribution >= 0.6 is 11.3 Å². The monoisotopic (exact) mass is 343 g/mol. The Hall–Kier alpha value is -1.72. The van der Waals surface area contributed by atoms with E-state index < -0.39 is 0 Å². The Bertz CT molecular complexity index is 652. The summed E-state index contributed by atoms with van der Waals surface area (Å²) in [7, 11) is 0. The normalized spacial score (nSPS) is 18.2. The highest BCUT2D eigenvalue weighted by atomic mass is 32.1. The Morgan fingerprint density at radius 3 is 2.96 bits per heavy atom. The van der Waals surface area contributed by atoms with E-state index >= 15 is 0 Å². The maximum atomic E-state index is 12.3. The van der Waals surface area contributed by atoms with E-state index in [-0.39, 0.29) is 5.91 Å². The first kappa shape index (κ1) is 17.1. The lowest BCUT2D eigenvalue weighted by atomic mass is 10.1. The lowest BCUT2D eigenvalue weighted by Gasteiger charge is -2.18. The standard InChI is InChI=1S/C19H25N3OS/c1-14(2)11-22-7-5-15(12-22)9-21-19(23)16-3-4-18(20-10-16)17-6-8-24-13-17/h3-4,6,8,10,13-15H,5,7,9,11-12H2,1-2H3,(H,21,23)/t15-/m0/s1. The zero-order chi connectivity index (χ0) is 16.9. The van der Waals surface area contributed by atoms with Crippen molar-refractivity contribution < 1.29 is 4.79 Å². The summed E-state index contributed by atoms with van der Waals surface area (Å²) in [6.45, 7) is 8.64. The van der Waals surface area contributed by atoms with Crippen LogP contribution in [-0.2, 0) is 0 Å². The summed E-state index contributed by atoms with van der Waals surface area (Å²) in [5.41, 5.74) is 2.64. The van der Waals surface area contributed by atoms with Crippen LogP contribution in [0.5, 0.6) is 0 Å². The summed E-state index contributed by atoms with van der Waals surface area (Å²) < 4.78 is 0. The van der Waals surface area contributed by atoms with Crippen LogP contribution < -0.4 is 5.32 Å². The molecule has 2 aromatic rings. The number of nitrogens with zero attached hydrogens (tertiary/aromatic N) is 2. The first-order valence-corrected chi connectivity index (χ1v) is 9.55. The van der Waals surface area contributed by atoms with Crippen molar-refractivity contribution in [1.29, 1.82) is 0 Å².